The van der Waals surface area contributed by atoms with Crippen LogP contribution in [0, 0.1) is 0 Å². The summed E-state index contributed by atoms with van der Waals surface area (Å²) in [7, 11) is 1.41. The van der Waals surface area contributed by atoms with Gasteiger partial charge >= 0.3 is 5.97 Å². The highest BCUT2D eigenvalue weighted by molar-refractivity contribution is 6.32. The number of nitrogens with zero attached hydrogens (tertiary/aromatic N) is 2. The van der Waals surface area contributed by atoms with Gasteiger partial charge in [0.05, 0.1) is 12.0 Å². The Kier molecular flexibility index (Phi) is 6.27. The number of hydrogen-bond acceptors (Lipinski definition) is 5. The molecule has 2 heterocycles. The lowest BCUT2D eigenvalue weighted by atomic mass is 9.75. The van der Waals surface area contributed by atoms with E-state index in [-0.39, 0.29) is 31.3 Å². The first-order valence-electron chi connectivity index (χ1n) is 9.84. The summed E-state index contributed by atoms with van der Waals surface area (Å²) in [5, 5.41) is 0.331. The highest BCUT2D eigenvalue weighted by Gasteiger charge is 2.54. The number of esters is 1. The largest absolute Gasteiger partial charge is 0.464 e. The van der Waals surface area contributed by atoms with Crippen LogP contribution in [0.1, 0.15) is 44.6 Å². The van der Waals surface area contributed by atoms with Crippen molar-refractivity contribution in [2.24, 2.45) is 0 Å². The third-order valence-electron chi connectivity index (χ3n) is 5.77. The summed E-state index contributed by atoms with van der Waals surface area (Å²) in [5.74, 6) is -1.59. The van der Waals surface area contributed by atoms with Crippen molar-refractivity contribution in [2.75, 3.05) is 20.2 Å². The van der Waals surface area contributed by atoms with Gasteiger partial charge in [-0.2, -0.15) is 0 Å². The van der Waals surface area contributed by atoms with Crippen molar-refractivity contribution in [1.29, 1.82) is 0 Å². The average Bonchev–Trinajstić information content (AvgIpc) is 2.92. The minimum Gasteiger partial charge on any atom is -0.464 e. The molecule has 29 heavy (non-hydrogen) atoms. The molecule has 2 atom stereocenters. The van der Waals surface area contributed by atoms with Crippen molar-refractivity contribution in [2.45, 2.75) is 50.5 Å². The fraction of sp³-hybridized carbons (Fsp3) is 0.524. The van der Waals surface area contributed by atoms with E-state index >= 15 is 0 Å². The lowest BCUT2D eigenvalue weighted by molar-refractivity contribution is -0.157. The molecule has 2 saturated heterocycles. The molecule has 1 aromatic carbocycles. The number of likely N-dealkylation sites (tertiary alicyclic amines) is 2. The molecule has 2 aliphatic heterocycles. The Bertz CT molecular complexity index is 842. The molecule has 8 heteroatoms. The molecule has 156 valence electrons. The number of rotatable bonds is 5. The minimum atomic E-state index is -1.36. The van der Waals surface area contributed by atoms with Crippen LogP contribution in [-0.4, -0.2) is 59.7 Å². The zero-order valence-corrected chi connectivity index (χ0v) is 17.4. The third kappa shape index (κ3) is 3.88. The van der Waals surface area contributed by atoms with E-state index in [1.807, 2.05) is 0 Å². The summed E-state index contributed by atoms with van der Waals surface area (Å²) in [6.07, 6.45) is 1.77. The molecular weight excluding hydrogens is 396 g/mol. The van der Waals surface area contributed by atoms with Crippen molar-refractivity contribution in [3.63, 3.8) is 0 Å². The Hall–Kier alpha value is -2.41. The second-order valence-corrected chi connectivity index (χ2v) is 7.93. The van der Waals surface area contributed by atoms with Gasteiger partial charge < -0.3 is 9.64 Å². The number of amides is 3. The maximum atomic E-state index is 13.3. The number of carbonyl (C=O) groups is 4. The minimum absolute atomic E-state index is 0.129. The van der Waals surface area contributed by atoms with E-state index in [9.17, 15) is 19.2 Å². The number of ether oxygens (including phenoxy) is 1. The third-order valence-corrected chi connectivity index (χ3v) is 6.09. The molecule has 0 aromatic heterocycles. The fourth-order valence-corrected chi connectivity index (χ4v) is 4.57. The van der Waals surface area contributed by atoms with E-state index in [2.05, 4.69) is 0 Å². The smallest absolute Gasteiger partial charge is 0.328 e. The van der Waals surface area contributed by atoms with Crippen molar-refractivity contribution in [1.82, 2.24) is 9.80 Å². The molecule has 0 aliphatic carbocycles. The Morgan fingerprint density at radius 1 is 1.24 bits per heavy atom. The first-order valence-corrected chi connectivity index (χ1v) is 10.2. The molecule has 3 rings (SSSR count). The number of likely N-dealkylation sites (N-methyl/N-ethyl adjacent to an activating group) is 1. The van der Waals surface area contributed by atoms with Crippen LogP contribution in [0.15, 0.2) is 24.3 Å². The molecule has 2 fully saturated rings. The van der Waals surface area contributed by atoms with Crippen LogP contribution in [-0.2, 0) is 29.3 Å². The second-order valence-electron chi connectivity index (χ2n) is 7.52. The number of hydrogen-bond donors (Lipinski definition) is 0. The summed E-state index contributed by atoms with van der Waals surface area (Å²) in [4.78, 5) is 53.7. The normalized spacial score (nSPS) is 24.7. The van der Waals surface area contributed by atoms with Crippen molar-refractivity contribution >= 4 is 35.3 Å². The van der Waals surface area contributed by atoms with Gasteiger partial charge in [-0.25, -0.2) is 4.79 Å². The topological polar surface area (TPSA) is 84.0 Å². The van der Waals surface area contributed by atoms with Crippen molar-refractivity contribution in [3.05, 3.63) is 34.9 Å². The second kappa shape index (κ2) is 8.53. The Morgan fingerprint density at radius 3 is 2.59 bits per heavy atom. The van der Waals surface area contributed by atoms with Crippen LogP contribution in [0.5, 0.6) is 0 Å². The summed E-state index contributed by atoms with van der Waals surface area (Å²) < 4.78 is 5.13. The molecule has 3 amide bonds. The predicted octanol–water partition coefficient (Wildman–Crippen LogP) is 2.30. The number of imide groups is 1. The van der Waals surface area contributed by atoms with Gasteiger partial charge in [0.15, 0.2) is 0 Å². The maximum absolute atomic E-state index is 13.3. The van der Waals surface area contributed by atoms with E-state index in [4.69, 9.17) is 16.3 Å². The predicted molar refractivity (Wildman–Crippen MR) is 106 cm³/mol. The summed E-state index contributed by atoms with van der Waals surface area (Å²) in [5.41, 5.74) is -0.903. The monoisotopic (exact) mass is 420 g/mol. The highest BCUT2D eigenvalue weighted by Crippen LogP contribution is 2.43. The van der Waals surface area contributed by atoms with Gasteiger partial charge in [0.2, 0.25) is 17.7 Å². The first-order chi connectivity index (χ1) is 13.8. The van der Waals surface area contributed by atoms with Crippen LogP contribution >= 0.6 is 11.6 Å². The molecule has 0 radical (unpaired) electrons. The van der Waals surface area contributed by atoms with Crippen LogP contribution in [0.3, 0.4) is 0 Å². The Balaban J connectivity index is 1.95. The van der Waals surface area contributed by atoms with E-state index in [1.165, 1.54) is 11.9 Å². The fourth-order valence-electron chi connectivity index (χ4n) is 4.25. The van der Waals surface area contributed by atoms with Gasteiger partial charge in [-0.3, -0.25) is 19.3 Å². The van der Waals surface area contributed by atoms with E-state index in [0.29, 0.717) is 23.6 Å². The van der Waals surface area contributed by atoms with E-state index in [1.54, 1.807) is 31.2 Å². The molecule has 0 unspecified atom stereocenters. The van der Waals surface area contributed by atoms with E-state index in [0.717, 1.165) is 17.7 Å². The van der Waals surface area contributed by atoms with Crippen molar-refractivity contribution in [3.8, 4) is 0 Å². The van der Waals surface area contributed by atoms with Gasteiger partial charge in [0.1, 0.15) is 6.04 Å². The molecule has 0 bridgehead atoms. The molecular formula is C21H25ClN2O5. The number of halogens is 1. The van der Waals surface area contributed by atoms with E-state index < -0.39 is 23.3 Å². The Labute approximate surface area is 174 Å². The standard InChI is InChI=1S/C21H25ClN2O5/c1-3-29-19(27)16-10-6-7-11-24(16)18(26)13-21(12-17(25)23(2)20(21)28)14-8-4-5-9-15(14)22/h4-5,8-9,16H,3,6-7,10-13H2,1-2H3/t16-,21+/m0/s1. The summed E-state index contributed by atoms with van der Waals surface area (Å²) >= 11 is 6.36. The first kappa shape index (κ1) is 21.3. The summed E-state index contributed by atoms with van der Waals surface area (Å²) in [6.45, 7) is 2.37. The number of benzene rings is 1. The molecule has 2 aliphatic rings. The van der Waals surface area contributed by atoms with Gasteiger partial charge in [-0.05, 0) is 37.8 Å². The van der Waals surface area contributed by atoms with Gasteiger partial charge in [0, 0.05) is 31.5 Å². The zero-order valence-electron chi connectivity index (χ0n) is 16.7. The Morgan fingerprint density at radius 2 is 1.97 bits per heavy atom. The quantitative estimate of drug-likeness (QED) is 0.539. The van der Waals surface area contributed by atoms with Gasteiger partial charge in [0.25, 0.3) is 0 Å². The van der Waals surface area contributed by atoms with Gasteiger partial charge in [-0.1, -0.05) is 29.8 Å². The molecule has 0 saturated carbocycles. The number of piperidine rings is 1. The summed E-state index contributed by atoms with van der Waals surface area (Å²) in [6, 6.07) is 6.12. The van der Waals surface area contributed by atoms with Crippen LogP contribution in [0.25, 0.3) is 0 Å². The lowest BCUT2D eigenvalue weighted by Gasteiger charge is -2.36. The molecule has 1 aromatic rings. The SMILES string of the molecule is CCOC(=O)[C@@H]1CCCCN1C(=O)C[C@@]1(c2ccccc2Cl)CC(=O)N(C)C1=O. The zero-order chi connectivity index (χ0) is 21.2. The number of carbonyl (C=O) groups excluding carboxylic acids is 4. The lowest BCUT2D eigenvalue weighted by Crippen LogP contribution is -2.51. The molecule has 0 spiro atoms. The highest BCUT2D eigenvalue weighted by atomic mass is 35.5. The molecule has 0 N–H and O–H groups in total. The van der Waals surface area contributed by atoms with Crippen LogP contribution in [0.4, 0.5) is 0 Å². The average molecular weight is 421 g/mol. The van der Waals surface area contributed by atoms with Crippen molar-refractivity contribution < 1.29 is 23.9 Å². The van der Waals surface area contributed by atoms with Crippen LogP contribution < -0.4 is 0 Å². The maximum Gasteiger partial charge on any atom is 0.328 e. The van der Waals surface area contributed by atoms with Crippen LogP contribution in [0.2, 0.25) is 5.02 Å². The molecule has 7 nitrogen and oxygen atoms in total. The van der Waals surface area contributed by atoms with Gasteiger partial charge in [-0.15, -0.1) is 0 Å².